The number of hydrogen-bond donors (Lipinski definition) is 2. The largest absolute Gasteiger partial charge is 0.396 e. The van der Waals surface area contributed by atoms with E-state index in [1.807, 2.05) is 10.8 Å². The number of aliphatic hydroxyl groups excluding tert-OH is 1. The van der Waals surface area contributed by atoms with Gasteiger partial charge >= 0.3 is 0 Å². The van der Waals surface area contributed by atoms with Crippen LogP contribution in [0, 0.1) is 5.92 Å². The zero-order chi connectivity index (χ0) is 15.1. The Morgan fingerprint density at radius 3 is 2.62 bits per heavy atom. The first kappa shape index (κ1) is 15.7. The Morgan fingerprint density at radius 1 is 1.29 bits per heavy atom. The molecule has 0 amide bonds. The van der Waals surface area contributed by atoms with E-state index in [4.69, 9.17) is 5.11 Å². The maximum absolute atomic E-state index is 9.04. The number of hydrogen-bond acceptors (Lipinski definition) is 3. The van der Waals surface area contributed by atoms with E-state index in [1.165, 1.54) is 5.56 Å². The van der Waals surface area contributed by atoms with E-state index in [9.17, 15) is 0 Å². The summed E-state index contributed by atoms with van der Waals surface area (Å²) in [7, 11) is 0. The van der Waals surface area contributed by atoms with Crippen LogP contribution in [-0.2, 0) is 0 Å². The van der Waals surface area contributed by atoms with Crippen LogP contribution >= 0.6 is 0 Å². The summed E-state index contributed by atoms with van der Waals surface area (Å²) in [4.78, 5) is 4.06. The van der Waals surface area contributed by atoms with Crippen LogP contribution in [0.25, 0.3) is 5.69 Å². The Labute approximate surface area is 126 Å². The molecule has 4 nitrogen and oxygen atoms in total. The van der Waals surface area contributed by atoms with Gasteiger partial charge in [0.05, 0.1) is 6.33 Å². The molecule has 0 saturated heterocycles. The molecule has 0 saturated carbocycles. The minimum Gasteiger partial charge on any atom is -0.396 e. The monoisotopic (exact) mass is 287 g/mol. The SMILES string of the molecule is CCC(CCO)CNC(C)c1ccc(-n2ccnc2)cc1. The number of nitrogens with zero attached hydrogens (tertiary/aromatic N) is 2. The first-order chi connectivity index (χ1) is 10.2. The Hall–Kier alpha value is -1.65. The second-order valence-corrected chi connectivity index (χ2v) is 5.48. The molecule has 0 radical (unpaired) electrons. The lowest BCUT2D eigenvalue weighted by Gasteiger charge is -2.19. The molecule has 2 rings (SSSR count). The van der Waals surface area contributed by atoms with E-state index in [0.717, 1.165) is 25.1 Å². The minimum absolute atomic E-state index is 0.272. The molecule has 4 heteroatoms. The molecule has 0 bridgehead atoms. The van der Waals surface area contributed by atoms with E-state index in [2.05, 4.69) is 48.4 Å². The molecule has 1 heterocycles. The molecule has 1 aromatic carbocycles. The predicted octanol–water partition coefficient (Wildman–Crippen LogP) is 2.93. The van der Waals surface area contributed by atoms with E-state index in [0.29, 0.717) is 12.0 Å². The summed E-state index contributed by atoms with van der Waals surface area (Å²) in [5, 5.41) is 12.6. The third-order valence-electron chi connectivity index (χ3n) is 4.02. The van der Waals surface area contributed by atoms with Gasteiger partial charge in [-0.25, -0.2) is 4.98 Å². The predicted molar refractivity (Wildman–Crippen MR) is 85.5 cm³/mol. The van der Waals surface area contributed by atoms with Crippen LogP contribution in [0.5, 0.6) is 0 Å². The van der Waals surface area contributed by atoms with Crippen LogP contribution < -0.4 is 5.32 Å². The molecule has 2 N–H and O–H groups in total. The molecule has 2 unspecified atom stereocenters. The molecular weight excluding hydrogens is 262 g/mol. The quantitative estimate of drug-likeness (QED) is 0.785. The van der Waals surface area contributed by atoms with Gasteiger partial charge in [0.2, 0.25) is 0 Å². The first-order valence-corrected chi connectivity index (χ1v) is 7.67. The topological polar surface area (TPSA) is 50.1 Å². The van der Waals surface area contributed by atoms with Gasteiger partial charge in [0.15, 0.2) is 0 Å². The van der Waals surface area contributed by atoms with Gasteiger partial charge in [-0.2, -0.15) is 0 Å². The van der Waals surface area contributed by atoms with Gasteiger partial charge in [-0.05, 0) is 43.5 Å². The molecule has 0 aliphatic rings. The summed E-state index contributed by atoms with van der Waals surface area (Å²) in [6.07, 6.45) is 7.49. The molecular formula is C17H25N3O. The Kier molecular flexibility index (Phi) is 5.96. The van der Waals surface area contributed by atoms with Gasteiger partial charge in [0.1, 0.15) is 0 Å². The van der Waals surface area contributed by atoms with Crippen molar-refractivity contribution in [2.45, 2.75) is 32.7 Å². The average molecular weight is 287 g/mol. The van der Waals surface area contributed by atoms with Crippen molar-refractivity contribution in [3.05, 3.63) is 48.5 Å². The highest BCUT2D eigenvalue weighted by molar-refractivity contribution is 5.35. The number of imidazole rings is 1. The second-order valence-electron chi connectivity index (χ2n) is 5.48. The van der Waals surface area contributed by atoms with Gasteiger partial charge in [0.25, 0.3) is 0 Å². The van der Waals surface area contributed by atoms with Gasteiger partial charge in [-0.1, -0.05) is 25.5 Å². The van der Waals surface area contributed by atoms with Gasteiger partial charge in [-0.15, -0.1) is 0 Å². The zero-order valence-electron chi connectivity index (χ0n) is 12.9. The van der Waals surface area contributed by atoms with Crippen LogP contribution in [0.4, 0.5) is 0 Å². The highest BCUT2D eigenvalue weighted by Crippen LogP contribution is 2.16. The summed E-state index contributed by atoms with van der Waals surface area (Å²) in [5.74, 6) is 0.544. The van der Waals surface area contributed by atoms with Crippen molar-refractivity contribution < 1.29 is 5.11 Å². The lowest BCUT2D eigenvalue weighted by molar-refractivity contribution is 0.249. The fourth-order valence-electron chi connectivity index (χ4n) is 2.44. The van der Waals surface area contributed by atoms with Gasteiger partial charge in [0, 0.05) is 30.7 Å². The molecule has 114 valence electrons. The summed E-state index contributed by atoms with van der Waals surface area (Å²) in [6, 6.07) is 8.84. The van der Waals surface area contributed by atoms with Crippen molar-refractivity contribution in [2.24, 2.45) is 5.92 Å². The normalized spacial score (nSPS) is 14.0. The molecule has 1 aromatic heterocycles. The third kappa shape index (κ3) is 4.41. The van der Waals surface area contributed by atoms with Crippen molar-refractivity contribution in [2.75, 3.05) is 13.2 Å². The maximum atomic E-state index is 9.04. The smallest absolute Gasteiger partial charge is 0.0991 e. The zero-order valence-corrected chi connectivity index (χ0v) is 12.9. The van der Waals surface area contributed by atoms with Crippen LogP contribution in [-0.4, -0.2) is 27.8 Å². The average Bonchev–Trinajstić information content (AvgIpc) is 3.05. The van der Waals surface area contributed by atoms with Gasteiger partial charge in [-0.3, -0.25) is 0 Å². The van der Waals surface area contributed by atoms with Crippen molar-refractivity contribution in [3.63, 3.8) is 0 Å². The van der Waals surface area contributed by atoms with Crippen LogP contribution in [0.1, 0.15) is 38.3 Å². The van der Waals surface area contributed by atoms with Crippen molar-refractivity contribution in [1.29, 1.82) is 0 Å². The minimum atomic E-state index is 0.272. The van der Waals surface area contributed by atoms with Crippen molar-refractivity contribution >= 4 is 0 Å². The fourth-order valence-corrected chi connectivity index (χ4v) is 2.44. The standard InChI is InChI=1S/C17H25N3O/c1-3-15(8-11-21)12-19-14(2)16-4-6-17(7-5-16)20-10-9-18-13-20/h4-7,9-10,13-15,19,21H,3,8,11-12H2,1-2H3. The van der Waals surface area contributed by atoms with E-state index >= 15 is 0 Å². The molecule has 0 aliphatic carbocycles. The highest BCUT2D eigenvalue weighted by Gasteiger charge is 2.09. The Morgan fingerprint density at radius 2 is 2.05 bits per heavy atom. The van der Waals surface area contributed by atoms with Crippen molar-refractivity contribution in [1.82, 2.24) is 14.9 Å². The Balaban J connectivity index is 1.92. The maximum Gasteiger partial charge on any atom is 0.0991 e. The number of rotatable bonds is 8. The van der Waals surface area contributed by atoms with Crippen LogP contribution in [0.2, 0.25) is 0 Å². The molecule has 2 aromatic rings. The third-order valence-corrected chi connectivity index (χ3v) is 4.02. The molecule has 0 aliphatic heterocycles. The molecule has 0 spiro atoms. The summed E-state index contributed by atoms with van der Waals surface area (Å²) in [5.41, 5.74) is 2.40. The van der Waals surface area contributed by atoms with E-state index in [1.54, 1.807) is 12.5 Å². The molecule has 0 fully saturated rings. The van der Waals surface area contributed by atoms with Crippen LogP contribution in [0.15, 0.2) is 43.0 Å². The van der Waals surface area contributed by atoms with Gasteiger partial charge < -0.3 is 15.0 Å². The lowest BCUT2D eigenvalue weighted by Crippen LogP contribution is -2.26. The Bertz CT molecular complexity index is 507. The summed E-state index contributed by atoms with van der Waals surface area (Å²) >= 11 is 0. The van der Waals surface area contributed by atoms with Crippen LogP contribution in [0.3, 0.4) is 0 Å². The highest BCUT2D eigenvalue weighted by atomic mass is 16.3. The lowest BCUT2D eigenvalue weighted by atomic mass is 10.0. The second kappa shape index (κ2) is 7.96. The number of nitrogens with one attached hydrogen (secondary N) is 1. The van der Waals surface area contributed by atoms with Crippen molar-refractivity contribution in [3.8, 4) is 5.69 Å². The van der Waals surface area contributed by atoms with E-state index < -0.39 is 0 Å². The van der Waals surface area contributed by atoms with E-state index in [-0.39, 0.29) is 6.61 Å². The summed E-state index contributed by atoms with van der Waals surface area (Å²) < 4.78 is 2.00. The first-order valence-electron chi connectivity index (χ1n) is 7.67. The molecule has 2 atom stereocenters. The summed E-state index contributed by atoms with van der Waals surface area (Å²) in [6.45, 7) is 5.57. The number of aliphatic hydroxyl groups is 1. The molecule has 21 heavy (non-hydrogen) atoms. The number of benzene rings is 1. The number of aromatic nitrogens is 2. The fraction of sp³-hybridized carbons (Fsp3) is 0.471.